The molecule has 0 saturated carbocycles. The highest BCUT2D eigenvalue weighted by atomic mass is 32.2. The third kappa shape index (κ3) is 7.17. The molecule has 7 N–H and O–H groups in total. The molecule has 0 radical (unpaired) electrons. The Morgan fingerprint density at radius 2 is 1.98 bits per heavy atom. The molecule has 16 nitrogen and oxygen atoms in total. The first-order chi connectivity index (χ1) is 20.8. The van der Waals surface area contributed by atoms with E-state index in [9.17, 15) is 52.9 Å². The number of nitrogens with zero attached hydrogens (tertiary/aromatic N) is 3. The molecule has 0 aromatic carbocycles. The first-order valence-electron chi connectivity index (χ1n) is 11.7. The molecular formula is C21H18F2N6O10S5. The van der Waals surface area contributed by atoms with Crippen LogP contribution in [-0.4, -0.2) is 106 Å². The van der Waals surface area contributed by atoms with E-state index < -0.39 is 75.6 Å². The second kappa shape index (κ2) is 14.0. The summed E-state index contributed by atoms with van der Waals surface area (Å²) in [5.74, 6) is -7.28. The lowest BCUT2D eigenvalue weighted by atomic mass is 10.0. The van der Waals surface area contributed by atoms with Gasteiger partial charge in [0.2, 0.25) is 6.43 Å². The van der Waals surface area contributed by atoms with Crippen molar-refractivity contribution in [1.29, 1.82) is 0 Å². The van der Waals surface area contributed by atoms with Gasteiger partial charge in [-0.3, -0.25) is 23.7 Å². The number of aliphatic carboxylic acids is 2. The number of nitrogens with two attached hydrogens (primary N) is 1. The van der Waals surface area contributed by atoms with Crippen LogP contribution in [0.4, 0.5) is 13.9 Å². The number of halogens is 2. The Kier molecular flexibility index (Phi) is 10.5. The number of nitrogens with one attached hydrogen (secondary N) is 2. The number of alkyl halides is 2. The quantitative estimate of drug-likeness (QED) is 0.0522. The fourth-order valence-corrected chi connectivity index (χ4v) is 8.30. The number of carboxylic acid groups (broad SMARTS) is 3. The fraction of sp³-hybridized carbons (Fsp3) is 0.333. The van der Waals surface area contributed by atoms with Gasteiger partial charge in [0.05, 0.1) is 9.96 Å². The Bertz CT molecular complexity index is 1620. The van der Waals surface area contributed by atoms with Crippen molar-refractivity contribution in [1.82, 2.24) is 19.6 Å². The minimum atomic E-state index is -2.85. The summed E-state index contributed by atoms with van der Waals surface area (Å²) in [5, 5.41) is 34.7. The number of H-pyrrole nitrogens is 1. The van der Waals surface area contributed by atoms with Crippen LogP contribution in [0.3, 0.4) is 0 Å². The van der Waals surface area contributed by atoms with E-state index in [1.165, 1.54) is 5.38 Å². The number of aromatic amines is 1. The van der Waals surface area contributed by atoms with Gasteiger partial charge in [-0.1, -0.05) is 28.5 Å². The highest BCUT2D eigenvalue weighted by Crippen LogP contribution is 2.42. The number of carbonyl (C=O) groups excluding carboxylic acids is 2. The second-order valence-corrected chi connectivity index (χ2v) is 13.6. The number of aromatic carboxylic acids is 1. The number of oxime groups is 1. The summed E-state index contributed by atoms with van der Waals surface area (Å²) in [6.45, 7) is 0. The van der Waals surface area contributed by atoms with Gasteiger partial charge in [0.1, 0.15) is 22.8 Å². The predicted molar refractivity (Wildman–Crippen MR) is 156 cm³/mol. The highest BCUT2D eigenvalue weighted by Gasteiger charge is 2.54. The van der Waals surface area contributed by atoms with Crippen LogP contribution >= 0.6 is 58.2 Å². The highest BCUT2D eigenvalue weighted by molar-refractivity contribution is 8.02. The maximum atomic E-state index is 13.2. The molecule has 44 heavy (non-hydrogen) atoms. The van der Waals surface area contributed by atoms with Crippen LogP contribution in [0.1, 0.15) is 16.1 Å². The number of carboxylic acids is 3. The average molecular weight is 713 g/mol. The monoisotopic (exact) mass is 712 g/mol. The topological polar surface area (TPSA) is 255 Å². The van der Waals surface area contributed by atoms with Crippen molar-refractivity contribution in [2.75, 3.05) is 23.0 Å². The molecule has 0 spiro atoms. The van der Waals surface area contributed by atoms with E-state index in [2.05, 4.69) is 19.8 Å². The molecule has 1 saturated heterocycles. The molecule has 23 heteroatoms. The molecule has 236 valence electrons. The minimum Gasteiger partial charge on any atom is -0.478 e. The van der Waals surface area contributed by atoms with Gasteiger partial charge in [-0.05, 0) is 5.57 Å². The van der Waals surface area contributed by atoms with E-state index in [0.29, 0.717) is 0 Å². The third-order valence-corrected chi connectivity index (χ3v) is 10.9. The molecule has 3 atom stereocenters. The van der Waals surface area contributed by atoms with Crippen LogP contribution in [0.25, 0.3) is 0 Å². The lowest BCUT2D eigenvalue weighted by molar-refractivity contribution is -0.150. The van der Waals surface area contributed by atoms with Gasteiger partial charge in [-0.2, -0.15) is 0 Å². The molecule has 2 aromatic heterocycles. The SMILES string of the molecule is Nc1nc(/C(=N\OC(SCC(F)F)C(=O)O)C(=O)N[C@@H]2C(=O)N3C(C(=O)O)=C(CSc4s[nH]c(=O)c4C(=O)O)CS[C@H]23)cs1. The van der Waals surface area contributed by atoms with Crippen LogP contribution in [0, 0.1) is 0 Å². The second-order valence-electron chi connectivity index (χ2n) is 8.42. The number of nitrogen functional groups attached to an aromatic ring is 1. The van der Waals surface area contributed by atoms with Crippen LogP contribution in [0.15, 0.2) is 30.8 Å². The molecule has 0 aliphatic carbocycles. The average Bonchev–Trinajstić information content (AvgIpc) is 3.55. The Hall–Kier alpha value is -3.67. The minimum absolute atomic E-state index is 0.000109. The van der Waals surface area contributed by atoms with Gasteiger partial charge in [-0.15, -0.1) is 34.9 Å². The maximum absolute atomic E-state index is 13.2. The molecule has 0 bridgehead atoms. The number of rotatable bonds is 14. The third-order valence-electron chi connectivity index (χ3n) is 5.59. The van der Waals surface area contributed by atoms with Crippen molar-refractivity contribution in [2.45, 2.75) is 27.5 Å². The molecule has 1 fully saturated rings. The zero-order valence-electron chi connectivity index (χ0n) is 21.4. The molecule has 2 aliphatic heterocycles. The van der Waals surface area contributed by atoms with Gasteiger partial charge in [0, 0.05) is 16.9 Å². The number of β-lactam (4-membered cyclic amide) rings is 1. The number of carbonyl (C=O) groups is 5. The molecule has 4 rings (SSSR count). The largest absolute Gasteiger partial charge is 0.478 e. The van der Waals surface area contributed by atoms with E-state index in [0.717, 1.165) is 51.3 Å². The molecule has 2 aromatic rings. The summed E-state index contributed by atoms with van der Waals surface area (Å²) in [6, 6.07) is -1.26. The zero-order chi connectivity index (χ0) is 32.3. The summed E-state index contributed by atoms with van der Waals surface area (Å²) in [7, 11) is 0. The molecular weight excluding hydrogens is 695 g/mol. The smallest absolute Gasteiger partial charge is 0.358 e. The predicted octanol–water partition coefficient (Wildman–Crippen LogP) is 0.834. The molecule has 2 amide bonds. The van der Waals surface area contributed by atoms with Crippen molar-refractivity contribution in [3.63, 3.8) is 0 Å². The normalized spacial score (nSPS) is 18.9. The maximum Gasteiger partial charge on any atom is 0.358 e. The molecule has 2 aliphatic rings. The lowest BCUT2D eigenvalue weighted by Gasteiger charge is -2.49. The van der Waals surface area contributed by atoms with Crippen molar-refractivity contribution >= 4 is 98.7 Å². The van der Waals surface area contributed by atoms with Gasteiger partial charge < -0.3 is 31.2 Å². The summed E-state index contributed by atoms with van der Waals surface area (Å²) in [4.78, 5) is 82.7. The number of hydrogen-bond acceptors (Lipinski definition) is 15. The van der Waals surface area contributed by atoms with Gasteiger partial charge in [-0.25, -0.2) is 28.1 Å². The number of amides is 2. The first kappa shape index (κ1) is 33.2. The number of fused-ring (bicyclic) bond motifs is 1. The van der Waals surface area contributed by atoms with E-state index >= 15 is 0 Å². The van der Waals surface area contributed by atoms with E-state index in [-0.39, 0.29) is 49.6 Å². The number of anilines is 1. The Balaban J connectivity index is 1.51. The van der Waals surface area contributed by atoms with Gasteiger partial charge >= 0.3 is 17.9 Å². The van der Waals surface area contributed by atoms with Crippen molar-refractivity contribution in [3.8, 4) is 0 Å². The summed E-state index contributed by atoms with van der Waals surface area (Å²) in [6.07, 6.45) is -2.85. The van der Waals surface area contributed by atoms with E-state index in [1.807, 2.05) is 0 Å². The van der Waals surface area contributed by atoms with Gasteiger partial charge in [0.15, 0.2) is 16.4 Å². The van der Waals surface area contributed by atoms with Crippen LogP contribution < -0.4 is 16.6 Å². The number of hydrogen-bond donors (Lipinski definition) is 6. The molecule has 4 heterocycles. The Morgan fingerprint density at radius 1 is 1.25 bits per heavy atom. The van der Waals surface area contributed by atoms with Crippen LogP contribution in [-0.2, 0) is 24.0 Å². The fourth-order valence-electron chi connectivity index (χ4n) is 3.74. The summed E-state index contributed by atoms with van der Waals surface area (Å²) >= 11 is 3.92. The van der Waals surface area contributed by atoms with Crippen molar-refractivity contribution in [2.24, 2.45) is 5.16 Å². The number of thioether (sulfide) groups is 3. The Morgan fingerprint density at radius 3 is 2.57 bits per heavy atom. The van der Waals surface area contributed by atoms with Crippen LogP contribution in [0.5, 0.6) is 0 Å². The zero-order valence-corrected chi connectivity index (χ0v) is 25.5. The van der Waals surface area contributed by atoms with Crippen LogP contribution in [0.2, 0.25) is 0 Å². The Labute approximate surface area is 264 Å². The van der Waals surface area contributed by atoms with Crippen molar-refractivity contribution in [3.05, 3.63) is 38.3 Å². The van der Waals surface area contributed by atoms with Crippen molar-refractivity contribution < 1.29 is 52.9 Å². The lowest BCUT2D eigenvalue weighted by Crippen LogP contribution is -2.71. The summed E-state index contributed by atoms with van der Waals surface area (Å²) < 4.78 is 27.6. The first-order valence-corrected chi connectivity index (χ1v) is 16.4. The standard InChI is InChI=1S/C21H18F2N6O10S5/c22-7(23)4-41-19(18(37)38)39-27-9(6-3-43-21(24)25-6)13(31)26-10-14(32)29-11(17(35)36)5(1-40-15(10)29)2-42-20-8(16(33)34)12(30)28-44-20/h3,7,10,15,19H,1-2,4H2,(H2,24,25)(H,26,31)(H,28,30)(H,33,34)(H,35,36)(H,37,38)/b27-9+/t10-,15-,19?/m1/s1. The van der Waals surface area contributed by atoms with E-state index in [4.69, 9.17) is 10.6 Å². The van der Waals surface area contributed by atoms with E-state index in [1.54, 1.807) is 0 Å². The summed E-state index contributed by atoms with van der Waals surface area (Å²) in [5.41, 5.74) is 1.57. The number of thiazole rings is 1. The number of aromatic nitrogens is 2. The molecule has 1 unspecified atom stereocenters. The van der Waals surface area contributed by atoms with Gasteiger partial charge in [0.25, 0.3) is 22.8 Å².